The molecule has 0 aliphatic heterocycles. The van der Waals surface area contributed by atoms with Crippen molar-refractivity contribution in [2.45, 2.75) is 12.6 Å². The summed E-state index contributed by atoms with van der Waals surface area (Å²) < 4.78 is 85.4. The smallest absolute Gasteiger partial charge is 0.417 e. The van der Waals surface area contributed by atoms with Crippen LogP contribution >= 0.6 is 11.6 Å². The quantitative estimate of drug-likeness (QED) is 0.292. The second-order valence-electron chi connectivity index (χ2n) is 7.12. The Labute approximate surface area is 211 Å². The molecule has 9 nitrogen and oxygen atoms in total. The van der Waals surface area contributed by atoms with Gasteiger partial charge < -0.3 is 18.9 Å². The maximum absolute atomic E-state index is 12.9. The zero-order valence-corrected chi connectivity index (χ0v) is 20.9. The number of rotatable bonds is 13. The van der Waals surface area contributed by atoms with E-state index in [1.54, 1.807) is 6.07 Å². The standard InChI is InChI=1S/C22H24ClF3N2O7S/c1-32-8-3-11-36(30,31)28-20(29)7-5-15-4-6-17(34-10-9-33-2)13-19(15)35-21-18(23)12-16(14-27-21)22(24,25)26/h4-7,12-14H,3,8-11H2,1-2H3,(H,28,29)/b7-5+. The van der Waals surface area contributed by atoms with Crippen molar-refractivity contribution >= 4 is 33.6 Å². The number of alkyl halides is 3. The van der Waals surface area contributed by atoms with Crippen LogP contribution in [0.25, 0.3) is 6.08 Å². The molecule has 1 N–H and O–H groups in total. The maximum Gasteiger partial charge on any atom is 0.417 e. The summed E-state index contributed by atoms with van der Waals surface area (Å²) in [5.74, 6) is -1.18. The fourth-order valence-electron chi connectivity index (χ4n) is 2.63. The van der Waals surface area contributed by atoms with E-state index in [9.17, 15) is 26.4 Å². The summed E-state index contributed by atoms with van der Waals surface area (Å²) in [4.78, 5) is 15.8. The van der Waals surface area contributed by atoms with E-state index in [1.807, 2.05) is 4.72 Å². The fourth-order valence-corrected chi connectivity index (χ4v) is 3.81. The number of ether oxygens (including phenoxy) is 4. The molecule has 0 saturated carbocycles. The minimum Gasteiger partial charge on any atom is -0.491 e. The summed E-state index contributed by atoms with van der Waals surface area (Å²) in [6.07, 6.45) is -1.66. The molecule has 2 rings (SSSR count). The number of halogens is 4. The highest BCUT2D eigenvalue weighted by molar-refractivity contribution is 7.90. The van der Waals surface area contributed by atoms with Gasteiger partial charge in [-0.15, -0.1) is 0 Å². The first-order valence-corrected chi connectivity index (χ1v) is 12.4. The van der Waals surface area contributed by atoms with E-state index in [4.69, 9.17) is 30.5 Å². The molecule has 0 saturated heterocycles. The van der Waals surface area contributed by atoms with Crippen molar-refractivity contribution in [1.29, 1.82) is 0 Å². The first-order valence-electron chi connectivity index (χ1n) is 10.3. The van der Waals surface area contributed by atoms with Crippen molar-refractivity contribution in [3.05, 3.63) is 52.7 Å². The van der Waals surface area contributed by atoms with Gasteiger partial charge in [-0.3, -0.25) is 4.79 Å². The number of nitrogens with one attached hydrogen (secondary N) is 1. The molecule has 0 unspecified atom stereocenters. The predicted octanol–water partition coefficient (Wildman–Crippen LogP) is 4.07. The van der Waals surface area contributed by atoms with E-state index in [0.29, 0.717) is 24.6 Å². The lowest BCUT2D eigenvalue weighted by atomic mass is 10.1. The van der Waals surface area contributed by atoms with E-state index in [2.05, 4.69) is 4.98 Å². The summed E-state index contributed by atoms with van der Waals surface area (Å²) in [5, 5.41) is -0.398. The average molecular weight is 553 g/mol. The average Bonchev–Trinajstić information content (AvgIpc) is 2.79. The number of aromatic nitrogens is 1. The molecule has 198 valence electrons. The minimum atomic E-state index is -4.64. The number of hydrogen-bond donors (Lipinski definition) is 1. The second-order valence-corrected chi connectivity index (χ2v) is 9.37. The van der Waals surface area contributed by atoms with Crippen molar-refractivity contribution < 1.29 is 45.3 Å². The first kappa shape index (κ1) is 29.4. The van der Waals surface area contributed by atoms with Gasteiger partial charge in [0.1, 0.15) is 23.1 Å². The van der Waals surface area contributed by atoms with Crippen LogP contribution in [-0.4, -0.2) is 59.1 Å². The highest BCUT2D eigenvalue weighted by Crippen LogP contribution is 2.36. The Hall–Kier alpha value is -2.87. The summed E-state index contributed by atoms with van der Waals surface area (Å²) in [6.45, 7) is 0.710. The molecule has 2 aromatic rings. The van der Waals surface area contributed by atoms with E-state index < -0.39 is 32.7 Å². The number of carbonyl (C=O) groups is 1. The minimum absolute atomic E-state index is 0.0334. The Kier molecular flexibility index (Phi) is 11.0. The molecule has 14 heteroatoms. The monoisotopic (exact) mass is 552 g/mol. The number of pyridine rings is 1. The molecule has 1 amide bonds. The Balaban J connectivity index is 2.28. The number of hydrogen-bond acceptors (Lipinski definition) is 8. The van der Waals surface area contributed by atoms with Crippen LogP contribution in [0.4, 0.5) is 13.2 Å². The van der Waals surface area contributed by atoms with Crippen LogP contribution in [0, 0.1) is 0 Å². The fraction of sp³-hybridized carbons (Fsp3) is 0.364. The molecule has 0 bridgehead atoms. The Bertz CT molecular complexity index is 1170. The lowest BCUT2D eigenvalue weighted by molar-refractivity contribution is -0.137. The van der Waals surface area contributed by atoms with Gasteiger partial charge >= 0.3 is 6.18 Å². The third-order valence-corrected chi connectivity index (χ3v) is 5.92. The van der Waals surface area contributed by atoms with Crippen LogP contribution in [0.15, 0.2) is 36.5 Å². The highest BCUT2D eigenvalue weighted by atomic mass is 35.5. The number of nitrogens with zero attached hydrogens (tertiary/aromatic N) is 1. The van der Waals surface area contributed by atoms with Gasteiger partial charge in [-0.05, 0) is 30.7 Å². The molecule has 0 spiro atoms. The summed E-state index contributed by atoms with van der Waals surface area (Å²) >= 11 is 5.94. The van der Waals surface area contributed by atoms with Crippen molar-refractivity contribution in [2.75, 3.05) is 39.8 Å². The van der Waals surface area contributed by atoms with Gasteiger partial charge in [-0.25, -0.2) is 18.1 Å². The van der Waals surface area contributed by atoms with Crippen LogP contribution in [0.5, 0.6) is 17.4 Å². The lowest BCUT2D eigenvalue weighted by Crippen LogP contribution is -2.31. The normalized spacial score (nSPS) is 12.1. The van der Waals surface area contributed by atoms with E-state index >= 15 is 0 Å². The predicted molar refractivity (Wildman–Crippen MR) is 126 cm³/mol. The Morgan fingerprint density at radius 1 is 1.14 bits per heavy atom. The highest BCUT2D eigenvalue weighted by Gasteiger charge is 2.32. The number of carbonyl (C=O) groups excluding carboxylic acids is 1. The Morgan fingerprint density at radius 3 is 2.50 bits per heavy atom. The van der Waals surface area contributed by atoms with E-state index in [1.165, 1.54) is 32.4 Å². The number of methoxy groups -OCH3 is 2. The van der Waals surface area contributed by atoms with Crippen LogP contribution in [-0.2, 0) is 30.5 Å². The molecule has 1 aromatic carbocycles. The number of sulfonamides is 1. The summed E-state index contributed by atoms with van der Waals surface area (Å²) in [7, 11) is -0.952. The van der Waals surface area contributed by atoms with Crippen LogP contribution in [0.1, 0.15) is 17.5 Å². The largest absolute Gasteiger partial charge is 0.491 e. The SMILES string of the molecule is COCCCS(=O)(=O)NC(=O)/C=C/c1ccc(OCCOC)cc1Oc1ncc(C(F)(F)F)cc1Cl. The maximum atomic E-state index is 12.9. The molecule has 0 radical (unpaired) electrons. The summed E-state index contributed by atoms with van der Waals surface area (Å²) in [6, 6.07) is 5.11. The van der Waals surface area contributed by atoms with E-state index in [-0.39, 0.29) is 42.6 Å². The molecule has 0 fully saturated rings. The third-order valence-electron chi connectivity index (χ3n) is 4.31. The Morgan fingerprint density at radius 2 is 1.86 bits per heavy atom. The van der Waals surface area contributed by atoms with Gasteiger partial charge in [0.05, 0.1) is 17.9 Å². The van der Waals surface area contributed by atoms with Gasteiger partial charge in [-0.2, -0.15) is 13.2 Å². The molecule has 0 atom stereocenters. The lowest BCUT2D eigenvalue weighted by Gasteiger charge is -2.13. The zero-order valence-electron chi connectivity index (χ0n) is 19.3. The second kappa shape index (κ2) is 13.4. The van der Waals surface area contributed by atoms with E-state index in [0.717, 1.165) is 6.08 Å². The van der Waals surface area contributed by atoms with Crippen LogP contribution in [0.3, 0.4) is 0 Å². The molecule has 0 aliphatic carbocycles. The van der Waals surface area contributed by atoms with Crippen molar-refractivity contribution in [2.24, 2.45) is 0 Å². The van der Waals surface area contributed by atoms with Gasteiger partial charge in [0.2, 0.25) is 15.9 Å². The molecule has 0 aliphatic rings. The van der Waals surface area contributed by atoms with Crippen molar-refractivity contribution in [3.8, 4) is 17.4 Å². The molecule has 1 aromatic heterocycles. The topological polar surface area (TPSA) is 113 Å². The molecular weight excluding hydrogens is 529 g/mol. The summed E-state index contributed by atoms with van der Waals surface area (Å²) in [5.41, 5.74) is -0.793. The van der Waals surface area contributed by atoms with Gasteiger partial charge in [0, 0.05) is 44.7 Å². The van der Waals surface area contributed by atoms with Gasteiger partial charge in [-0.1, -0.05) is 11.6 Å². The number of benzene rings is 1. The van der Waals surface area contributed by atoms with Gasteiger partial charge in [0.25, 0.3) is 5.91 Å². The zero-order chi connectivity index (χ0) is 26.8. The molecular formula is C22H24ClF3N2O7S. The molecule has 1 heterocycles. The van der Waals surface area contributed by atoms with Gasteiger partial charge in [0.15, 0.2) is 0 Å². The third kappa shape index (κ3) is 9.64. The van der Waals surface area contributed by atoms with Crippen LogP contribution < -0.4 is 14.2 Å². The van der Waals surface area contributed by atoms with Crippen LogP contribution in [0.2, 0.25) is 5.02 Å². The first-order chi connectivity index (χ1) is 16.9. The number of amides is 1. The van der Waals surface area contributed by atoms with Crippen molar-refractivity contribution in [1.82, 2.24) is 9.71 Å². The molecule has 36 heavy (non-hydrogen) atoms. The van der Waals surface area contributed by atoms with Crippen molar-refractivity contribution in [3.63, 3.8) is 0 Å².